The van der Waals surface area contributed by atoms with Gasteiger partial charge in [0.2, 0.25) is 10.0 Å². The predicted octanol–water partition coefficient (Wildman–Crippen LogP) is 2.54. The topological polar surface area (TPSA) is 60.9 Å². The lowest BCUT2D eigenvalue weighted by Gasteiger charge is -2.30. The number of amides is 1. The number of carbonyl (C=O) groups excluding carboxylic acids is 1. The minimum atomic E-state index is -3.71. The largest absolute Gasteiger partial charge is 0.337 e. The smallest absolute Gasteiger partial charge is 0.253 e. The van der Waals surface area contributed by atoms with Crippen molar-refractivity contribution in [2.45, 2.75) is 31.1 Å². The first-order chi connectivity index (χ1) is 12.8. The molecular weight excluding hydrogens is 386 g/mol. The highest BCUT2D eigenvalue weighted by molar-refractivity contribution is 7.89. The number of likely N-dealkylation sites (N-methyl/N-ethyl adjacent to an activating group) is 1. The van der Waals surface area contributed by atoms with Crippen molar-refractivity contribution in [1.82, 2.24) is 14.1 Å². The van der Waals surface area contributed by atoms with E-state index in [-0.39, 0.29) is 15.8 Å². The van der Waals surface area contributed by atoms with Gasteiger partial charge in [0.05, 0.1) is 5.02 Å². The van der Waals surface area contributed by atoms with E-state index in [1.54, 1.807) is 11.0 Å². The van der Waals surface area contributed by atoms with Crippen molar-refractivity contribution >= 4 is 27.5 Å². The number of halogens is 1. The van der Waals surface area contributed by atoms with Gasteiger partial charge in [-0.3, -0.25) is 4.79 Å². The molecule has 0 aliphatic carbocycles. The molecule has 0 bridgehead atoms. The second-order valence-electron chi connectivity index (χ2n) is 7.70. The number of nitrogens with zero attached hydrogens (tertiary/aromatic N) is 3. The van der Waals surface area contributed by atoms with Gasteiger partial charge in [-0.05, 0) is 57.0 Å². The van der Waals surface area contributed by atoms with Gasteiger partial charge in [-0.25, -0.2) is 8.42 Å². The Morgan fingerprint density at radius 1 is 1.11 bits per heavy atom. The average Bonchev–Trinajstić information content (AvgIpc) is 2.86. The van der Waals surface area contributed by atoms with Crippen LogP contribution < -0.4 is 0 Å². The average molecular weight is 414 g/mol. The van der Waals surface area contributed by atoms with E-state index in [9.17, 15) is 13.2 Å². The lowest BCUT2D eigenvalue weighted by molar-refractivity contribution is 0.0762. The number of hydrogen-bond donors (Lipinski definition) is 0. The van der Waals surface area contributed by atoms with Crippen LogP contribution in [0.15, 0.2) is 23.1 Å². The van der Waals surface area contributed by atoms with E-state index >= 15 is 0 Å². The highest BCUT2D eigenvalue weighted by Gasteiger charge is 2.31. The number of sulfonamides is 1. The molecule has 2 heterocycles. The summed E-state index contributed by atoms with van der Waals surface area (Å²) in [5.74, 6) is 0.191. The molecule has 27 heavy (non-hydrogen) atoms. The summed E-state index contributed by atoms with van der Waals surface area (Å²) in [6, 6.07) is 4.60. The molecule has 2 saturated heterocycles. The first kappa shape index (κ1) is 20.6. The number of hydrogen-bond acceptors (Lipinski definition) is 4. The van der Waals surface area contributed by atoms with Gasteiger partial charge < -0.3 is 9.80 Å². The third-order valence-electron chi connectivity index (χ3n) is 5.42. The summed E-state index contributed by atoms with van der Waals surface area (Å²) < 4.78 is 27.7. The van der Waals surface area contributed by atoms with Crippen molar-refractivity contribution < 1.29 is 13.2 Å². The van der Waals surface area contributed by atoms with Crippen LogP contribution >= 0.6 is 11.6 Å². The molecule has 2 aliphatic rings. The molecule has 0 spiro atoms. The molecule has 0 N–H and O–H groups in total. The molecule has 0 aromatic heterocycles. The molecule has 1 unspecified atom stereocenters. The molecule has 1 aromatic carbocycles. The van der Waals surface area contributed by atoms with Gasteiger partial charge in [-0.15, -0.1) is 0 Å². The fourth-order valence-electron chi connectivity index (χ4n) is 3.77. The Morgan fingerprint density at radius 2 is 1.89 bits per heavy atom. The second-order valence-corrected chi connectivity index (χ2v) is 10.0. The third-order valence-corrected chi connectivity index (χ3v) is 7.77. The molecule has 0 saturated carbocycles. The van der Waals surface area contributed by atoms with Crippen LogP contribution in [0.25, 0.3) is 0 Å². The summed E-state index contributed by atoms with van der Waals surface area (Å²) in [6.07, 6.45) is 2.78. The summed E-state index contributed by atoms with van der Waals surface area (Å²) >= 11 is 6.23. The maximum atomic E-state index is 13.1. The van der Waals surface area contributed by atoms with Crippen molar-refractivity contribution in [3.05, 3.63) is 28.8 Å². The maximum Gasteiger partial charge on any atom is 0.253 e. The van der Waals surface area contributed by atoms with E-state index in [1.807, 2.05) is 7.05 Å². The van der Waals surface area contributed by atoms with Crippen LogP contribution in [0.4, 0.5) is 0 Å². The van der Waals surface area contributed by atoms with Crippen LogP contribution in [0, 0.1) is 5.92 Å². The lowest BCUT2D eigenvalue weighted by Crippen LogP contribution is -2.39. The number of rotatable bonds is 3. The van der Waals surface area contributed by atoms with E-state index in [1.165, 1.54) is 16.4 Å². The quantitative estimate of drug-likeness (QED) is 0.764. The minimum Gasteiger partial charge on any atom is -0.337 e. The van der Waals surface area contributed by atoms with Crippen LogP contribution in [-0.2, 0) is 10.0 Å². The molecule has 1 aromatic rings. The van der Waals surface area contributed by atoms with Gasteiger partial charge in [0.1, 0.15) is 4.90 Å². The van der Waals surface area contributed by atoms with Gasteiger partial charge in [0, 0.05) is 38.3 Å². The molecule has 8 heteroatoms. The Bertz CT molecular complexity index is 799. The van der Waals surface area contributed by atoms with Crippen molar-refractivity contribution in [2.75, 3.05) is 46.3 Å². The number of piperidine rings is 1. The van der Waals surface area contributed by atoms with E-state index < -0.39 is 10.0 Å². The van der Waals surface area contributed by atoms with E-state index in [0.29, 0.717) is 37.7 Å². The normalized spacial score (nSPS) is 23.2. The maximum absolute atomic E-state index is 13.1. The van der Waals surface area contributed by atoms with E-state index in [2.05, 4.69) is 11.8 Å². The Balaban J connectivity index is 1.86. The number of benzene rings is 1. The summed E-state index contributed by atoms with van der Waals surface area (Å²) in [7, 11) is -1.66. The molecule has 2 aliphatic heterocycles. The van der Waals surface area contributed by atoms with Gasteiger partial charge in [0.25, 0.3) is 5.91 Å². The Labute approximate surface area is 167 Å². The first-order valence-electron chi connectivity index (χ1n) is 9.56. The molecule has 150 valence electrons. The molecule has 1 atom stereocenters. The monoisotopic (exact) mass is 413 g/mol. The van der Waals surface area contributed by atoms with Crippen molar-refractivity contribution in [3.63, 3.8) is 0 Å². The second kappa shape index (κ2) is 8.47. The van der Waals surface area contributed by atoms with Gasteiger partial charge >= 0.3 is 0 Å². The standard InChI is InChI=1S/C19H28ClN3O3S/c1-15-5-3-10-23(14-15)27(25,26)18-13-16(6-7-17(18)20)19(24)22-9-4-8-21(2)11-12-22/h6-7,13,15H,3-5,8-12,14H2,1-2H3. The zero-order valence-electron chi connectivity index (χ0n) is 16.0. The van der Waals surface area contributed by atoms with Crippen LogP contribution in [0.5, 0.6) is 0 Å². The molecular formula is C19H28ClN3O3S. The fraction of sp³-hybridized carbons (Fsp3) is 0.632. The van der Waals surface area contributed by atoms with Crippen molar-refractivity contribution in [1.29, 1.82) is 0 Å². The van der Waals surface area contributed by atoms with Gasteiger partial charge in [-0.2, -0.15) is 4.31 Å². The molecule has 0 radical (unpaired) electrons. The Morgan fingerprint density at radius 3 is 2.63 bits per heavy atom. The van der Waals surface area contributed by atoms with Crippen molar-refractivity contribution in [3.8, 4) is 0 Å². The minimum absolute atomic E-state index is 0.0380. The molecule has 2 fully saturated rings. The lowest BCUT2D eigenvalue weighted by atomic mass is 10.0. The SMILES string of the molecule is CC1CCCN(S(=O)(=O)c2cc(C(=O)N3CCCN(C)CC3)ccc2Cl)C1. The highest BCUT2D eigenvalue weighted by Crippen LogP contribution is 2.29. The van der Waals surface area contributed by atoms with Crippen LogP contribution in [0.2, 0.25) is 5.02 Å². The van der Waals surface area contributed by atoms with Crippen LogP contribution in [0.3, 0.4) is 0 Å². The molecule has 6 nitrogen and oxygen atoms in total. The Hall–Kier alpha value is -1.15. The third kappa shape index (κ3) is 4.65. The number of carbonyl (C=O) groups is 1. The van der Waals surface area contributed by atoms with E-state index in [0.717, 1.165) is 32.4 Å². The zero-order valence-corrected chi connectivity index (χ0v) is 17.6. The Kier molecular flexibility index (Phi) is 6.46. The first-order valence-corrected chi connectivity index (χ1v) is 11.4. The van der Waals surface area contributed by atoms with Crippen LogP contribution in [0.1, 0.15) is 36.5 Å². The zero-order chi connectivity index (χ0) is 19.6. The summed E-state index contributed by atoms with van der Waals surface area (Å²) in [4.78, 5) is 17.0. The molecule has 3 rings (SSSR count). The highest BCUT2D eigenvalue weighted by atomic mass is 35.5. The summed E-state index contributed by atoms with van der Waals surface area (Å²) in [5, 5.41) is 0.167. The fourth-order valence-corrected chi connectivity index (χ4v) is 5.87. The van der Waals surface area contributed by atoms with E-state index in [4.69, 9.17) is 11.6 Å². The van der Waals surface area contributed by atoms with Gasteiger partial charge in [-0.1, -0.05) is 18.5 Å². The predicted molar refractivity (Wildman–Crippen MR) is 107 cm³/mol. The summed E-state index contributed by atoms with van der Waals surface area (Å²) in [5.41, 5.74) is 0.382. The van der Waals surface area contributed by atoms with Crippen molar-refractivity contribution in [2.24, 2.45) is 5.92 Å². The van der Waals surface area contributed by atoms with Gasteiger partial charge in [0.15, 0.2) is 0 Å². The summed E-state index contributed by atoms with van der Waals surface area (Å²) in [6.45, 7) is 6.14. The van der Waals surface area contributed by atoms with Crippen LogP contribution in [-0.4, -0.2) is 74.7 Å². The molecule has 1 amide bonds.